The molecule has 0 amide bonds. The Morgan fingerprint density at radius 2 is 1.48 bits per heavy atom. The summed E-state index contributed by atoms with van der Waals surface area (Å²) in [6, 6.07) is 24.2. The zero-order valence-corrected chi connectivity index (χ0v) is 17.3. The van der Waals surface area contributed by atoms with Crippen LogP contribution in [0.5, 0.6) is 0 Å². The van der Waals surface area contributed by atoms with Gasteiger partial charge in [0.15, 0.2) is 0 Å². The summed E-state index contributed by atoms with van der Waals surface area (Å²) in [6.07, 6.45) is 0. The highest BCUT2D eigenvalue weighted by Gasteiger charge is 2.19. The Labute approximate surface area is 178 Å². The van der Waals surface area contributed by atoms with Crippen LogP contribution in [0.3, 0.4) is 0 Å². The Morgan fingerprint density at radius 1 is 0.828 bits per heavy atom. The van der Waals surface area contributed by atoms with Crippen molar-refractivity contribution in [1.82, 2.24) is 9.89 Å². The van der Waals surface area contributed by atoms with Crippen molar-refractivity contribution in [3.05, 3.63) is 95.0 Å². The van der Waals surface area contributed by atoms with Gasteiger partial charge < -0.3 is 0 Å². The van der Waals surface area contributed by atoms with E-state index in [9.17, 15) is 8.42 Å². The number of halogens is 2. The van der Waals surface area contributed by atoms with Crippen LogP contribution in [0.4, 0.5) is 0 Å². The summed E-state index contributed by atoms with van der Waals surface area (Å²) >= 11 is 12.3. The number of aromatic nitrogens is 2. The van der Waals surface area contributed by atoms with E-state index in [0.29, 0.717) is 27.0 Å². The number of sulfonamides is 1. The monoisotopic (exact) mass is 443 g/mol. The SMILES string of the molecule is O=S(=O)(Nn1nc(-c2ccc(Cl)cc2)cc1-c1ccccc1Cl)c1ccccc1. The molecule has 0 fully saturated rings. The van der Waals surface area contributed by atoms with E-state index in [0.717, 1.165) is 5.56 Å². The lowest BCUT2D eigenvalue weighted by atomic mass is 10.1. The summed E-state index contributed by atoms with van der Waals surface area (Å²) in [6.45, 7) is 0. The fourth-order valence-corrected chi connectivity index (χ4v) is 4.19. The third-order valence-electron chi connectivity index (χ3n) is 4.26. The number of rotatable bonds is 5. The van der Waals surface area contributed by atoms with Crippen LogP contribution >= 0.6 is 23.2 Å². The first-order chi connectivity index (χ1) is 13.9. The molecule has 0 atom stereocenters. The van der Waals surface area contributed by atoms with E-state index in [1.165, 1.54) is 16.9 Å². The lowest BCUT2D eigenvalue weighted by Gasteiger charge is -2.12. The zero-order valence-electron chi connectivity index (χ0n) is 15.0. The highest BCUT2D eigenvalue weighted by atomic mass is 35.5. The van der Waals surface area contributed by atoms with Gasteiger partial charge in [-0.15, -0.1) is 0 Å². The average molecular weight is 444 g/mol. The summed E-state index contributed by atoms with van der Waals surface area (Å²) in [5.74, 6) is 0. The van der Waals surface area contributed by atoms with Crippen molar-refractivity contribution in [2.24, 2.45) is 0 Å². The van der Waals surface area contributed by atoms with Crippen LogP contribution in [0.1, 0.15) is 0 Å². The maximum atomic E-state index is 12.8. The van der Waals surface area contributed by atoms with Crippen molar-refractivity contribution in [1.29, 1.82) is 0 Å². The molecule has 5 nitrogen and oxygen atoms in total. The highest BCUT2D eigenvalue weighted by Crippen LogP contribution is 2.31. The maximum absolute atomic E-state index is 12.8. The minimum absolute atomic E-state index is 0.133. The maximum Gasteiger partial charge on any atom is 0.276 e. The Morgan fingerprint density at radius 3 is 2.17 bits per heavy atom. The van der Waals surface area contributed by atoms with Crippen LogP contribution < -0.4 is 4.83 Å². The van der Waals surface area contributed by atoms with Crippen molar-refractivity contribution < 1.29 is 8.42 Å². The average Bonchev–Trinajstić information content (AvgIpc) is 3.12. The molecule has 0 radical (unpaired) electrons. The third kappa shape index (κ3) is 4.15. The molecule has 0 aliphatic carbocycles. The first-order valence-corrected chi connectivity index (χ1v) is 10.9. The molecular weight excluding hydrogens is 429 g/mol. The predicted octanol–water partition coefficient (Wildman–Crippen LogP) is 5.46. The van der Waals surface area contributed by atoms with E-state index in [1.54, 1.807) is 54.6 Å². The number of nitrogens with one attached hydrogen (secondary N) is 1. The predicted molar refractivity (Wildman–Crippen MR) is 116 cm³/mol. The molecular formula is C21H15Cl2N3O2S. The Kier molecular flexibility index (Phi) is 5.32. The number of benzene rings is 3. The molecule has 1 aromatic heterocycles. The van der Waals surface area contributed by atoms with Crippen molar-refractivity contribution in [2.75, 3.05) is 4.83 Å². The summed E-state index contributed by atoms with van der Waals surface area (Å²) in [7, 11) is -3.85. The first-order valence-electron chi connectivity index (χ1n) is 8.63. The molecule has 29 heavy (non-hydrogen) atoms. The molecule has 0 spiro atoms. The Balaban J connectivity index is 1.83. The summed E-state index contributed by atoms with van der Waals surface area (Å²) in [5.41, 5.74) is 2.53. The topological polar surface area (TPSA) is 64.0 Å². The van der Waals surface area contributed by atoms with Gasteiger partial charge >= 0.3 is 0 Å². The van der Waals surface area contributed by atoms with Gasteiger partial charge in [0, 0.05) is 16.1 Å². The fourth-order valence-electron chi connectivity index (χ4n) is 2.84. The molecule has 1 heterocycles. The van der Waals surface area contributed by atoms with Gasteiger partial charge in [-0.25, -0.2) is 0 Å². The lowest BCUT2D eigenvalue weighted by Crippen LogP contribution is -2.25. The van der Waals surface area contributed by atoms with E-state index >= 15 is 0 Å². The molecule has 0 aliphatic heterocycles. The largest absolute Gasteiger partial charge is 0.276 e. The van der Waals surface area contributed by atoms with E-state index in [2.05, 4.69) is 9.93 Å². The van der Waals surface area contributed by atoms with Crippen LogP contribution in [0.15, 0.2) is 89.8 Å². The molecule has 0 bridgehead atoms. The van der Waals surface area contributed by atoms with Gasteiger partial charge in [0.2, 0.25) is 0 Å². The first kappa shape index (κ1) is 19.5. The molecule has 8 heteroatoms. The lowest BCUT2D eigenvalue weighted by molar-refractivity contribution is 0.592. The molecule has 4 aromatic rings. The highest BCUT2D eigenvalue weighted by molar-refractivity contribution is 7.92. The Hall–Kier alpha value is -2.80. The van der Waals surface area contributed by atoms with E-state index in [1.807, 2.05) is 18.2 Å². The second-order valence-electron chi connectivity index (χ2n) is 6.22. The van der Waals surface area contributed by atoms with Crippen LogP contribution in [0.2, 0.25) is 10.0 Å². The van der Waals surface area contributed by atoms with Crippen molar-refractivity contribution in [2.45, 2.75) is 4.90 Å². The van der Waals surface area contributed by atoms with Gasteiger partial charge in [-0.3, -0.25) is 0 Å². The van der Waals surface area contributed by atoms with Gasteiger partial charge in [-0.1, -0.05) is 71.7 Å². The molecule has 3 aromatic carbocycles. The number of hydrogen-bond donors (Lipinski definition) is 1. The van der Waals surface area contributed by atoms with Crippen LogP contribution in [0.25, 0.3) is 22.5 Å². The van der Waals surface area contributed by atoms with Crippen LogP contribution in [-0.2, 0) is 10.0 Å². The number of hydrogen-bond acceptors (Lipinski definition) is 3. The van der Waals surface area contributed by atoms with Crippen LogP contribution in [0, 0.1) is 0 Å². The third-order valence-corrected chi connectivity index (χ3v) is 6.15. The number of nitrogens with zero attached hydrogens (tertiary/aromatic N) is 2. The molecule has 0 unspecified atom stereocenters. The molecule has 0 saturated heterocycles. The van der Waals surface area contributed by atoms with Gasteiger partial charge in [0.05, 0.1) is 21.3 Å². The normalized spacial score (nSPS) is 11.4. The molecule has 146 valence electrons. The minimum Gasteiger partial charge on any atom is -0.200 e. The summed E-state index contributed by atoms with van der Waals surface area (Å²) in [4.78, 5) is 3.89. The van der Waals surface area contributed by atoms with Crippen molar-refractivity contribution in [3.63, 3.8) is 0 Å². The smallest absolute Gasteiger partial charge is 0.200 e. The van der Waals surface area contributed by atoms with Crippen LogP contribution in [-0.4, -0.2) is 18.3 Å². The van der Waals surface area contributed by atoms with Gasteiger partial charge in [0.1, 0.15) is 0 Å². The van der Waals surface area contributed by atoms with E-state index < -0.39 is 10.0 Å². The molecule has 4 rings (SSSR count). The Bertz CT molecular complexity index is 1250. The van der Waals surface area contributed by atoms with E-state index in [-0.39, 0.29) is 4.90 Å². The summed E-state index contributed by atoms with van der Waals surface area (Å²) in [5, 5.41) is 5.55. The van der Waals surface area contributed by atoms with Crippen molar-refractivity contribution in [3.8, 4) is 22.5 Å². The zero-order chi connectivity index (χ0) is 20.4. The van der Waals surface area contributed by atoms with E-state index in [4.69, 9.17) is 23.2 Å². The van der Waals surface area contributed by atoms with Gasteiger partial charge in [-0.2, -0.15) is 23.1 Å². The van der Waals surface area contributed by atoms with Crippen molar-refractivity contribution >= 4 is 33.2 Å². The molecule has 1 N–H and O–H groups in total. The minimum atomic E-state index is -3.85. The second kappa shape index (κ2) is 7.91. The fraction of sp³-hybridized carbons (Fsp3) is 0. The standard InChI is InChI=1S/C21H15Cl2N3O2S/c22-16-12-10-15(11-13-16)20-14-21(18-8-4-5-9-19(18)23)26(24-20)25-29(27,28)17-6-2-1-3-7-17/h1-14,25H. The van der Waals surface area contributed by atoms with Gasteiger partial charge in [0.25, 0.3) is 10.0 Å². The second-order valence-corrected chi connectivity index (χ2v) is 8.73. The molecule has 0 saturated carbocycles. The molecule has 0 aliphatic rings. The van der Waals surface area contributed by atoms with Gasteiger partial charge in [-0.05, 0) is 36.4 Å². The summed E-state index contributed by atoms with van der Waals surface area (Å²) < 4.78 is 25.7. The quantitative estimate of drug-likeness (QED) is 0.445.